The Morgan fingerprint density at radius 1 is 1.65 bits per heavy atom. The van der Waals surface area contributed by atoms with Crippen LogP contribution < -0.4 is 10.1 Å². The minimum Gasteiger partial charge on any atom is -0.466 e. The minimum absolute atomic E-state index is 0.174. The topological polar surface area (TPSA) is 84.8 Å². The summed E-state index contributed by atoms with van der Waals surface area (Å²) in [6.45, 7) is 0. The highest BCUT2D eigenvalue weighted by molar-refractivity contribution is 9.10. The molecule has 0 radical (unpaired) electrons. The standard InChI is InChI=1S/C9H10BrN5O2/c1-15-4-5(10)3-6(15)7(16)11-8-12-9(17-2)14-13-8/h3-4H,1-2H3,(H2,11,12,13,14,16). The Kier molecular flexibility index (Phi) is 3.14. The highest BCUT2D eigenvalue weighted by Crippen LogP contribution is 2.15. The molecule has 2 heterocycles. The van der Waals surface area contributed by atoms with E-state index in [-0.39, 0.29) is 17.9 Å². The molecule has 0 bridgehead atoms. The fraction of sp³-hybridized carbons (Fsp3) is 0.222. The molecule has 0 spiro atoms. The van der Waals surface area contributed by atoms with E-state index in [1.807, 2.05) is 0 Å². The quantitative estimate of drug-likeness (QED) is 0.891. The van der Waals surface area contributed by atoms with E-state index in [1.54, 1.807) is 23.9 Å². The summed E-state index contributed by atoms with van der Waals surface area (Å²) >= 11 is 3.30. The number of nitrogens with one attached hydrogen (secondary N) is 2. The molecule has 2 aromatic heterocycles. The molecule has 2 rings (SSSR count). The Hall–Kier alpha value is -1.83. The van der Waals surface area contributed by atoms with Crippen LogP contribution in [0.5, 0.6) is 6.01 Å². The number of hydrogen-bond acceptors (Lipinski definition) is 4. The Bertz CT molecular complexity index is 547. The van der Waals surface area contributed by atoms with Crippen LogP contribution >= 0.6 is 15.9 Å². The number of aromatic nitrogens is 4. The molecular formula is C9H10BrN5O2. The minimum atomic E-state index is -0.281. The van der Waals surface area contributed by atoms with Crippen molar-refractivity contribution in [2.45, 2.75) is 0 Å². The average molecular weight is 300 g/mol. The normalized spacial score (nSPS) is 10.3. The number of anilines is 1. The smallest absolute Gasteiger partial charge is 0.336 e. The molecular weight excluding hydrogens is 290 g/mol. The predicted octanol–water partition coefficient (Wildman–Crippen LogP) is 1.17. The summed E-state index contributed by atoms with van der Waals surface area (Å²) in [6.07, 6.45) is 1.79. The Morgan fingerprint density at radius 2 is 2.41 bits per heavy atom. The van der Waals surface area contributed by atoms with E-state index in [2.05, 4.69) is 36.4 Å². The van der Waals surface area contributed by atoms with Crippen LogP contribution in [0.2, 0.25) is 0 Å². The van der Waals surface area contributed by atoms with E-state index in [4.69, 9.17) is 4.74 Å². The SMILES string of the molecule is COc1n[nH]c(NC(=O)c2cc(Br)cn2C)n1. The summed E-state index contributed by atoms with van der Waals surface area (Å²) in [7, 11) is 3.23. The van der Waals surface area contributed by atoms with Gasteiger partial charge in [0, 0.05) is 17.7 Å². The van der Waals surface area contributed by atoms with Gasteiger partial charge in [0.15, 0.2) is 0 Å². The lowest BCUT2D eigenvalue weighted by Crippen LogP contribution is -2.16. The summed E-state index contributed by atoms with van der Waals surface area (Å²) in [5, 5.41) is 8.84. The number of aromatic amines is 1. The van der Waals surface area contributed by atoms with Crippen LogP contribution in [0.15, 0.2) is 16.7 Å². The highest BCUT2D eigenvalue weighted by Gasteiger charge is 2.13. The molecule has 2 N–H and O–H groups in total. The van der Waals surface area contributed by atoms with Crippen molar-refractivity contribution in [2.24, 2.45) is 7.05 Å². The fourth-order valence-electron chi connectivity index (χ4n) is 1.32. The molecule has 2 aromatic rings. The van der Waals surface area contributed by atoms with E-state index >= 15 is 0 Å². The second-order valence-corrected chi connectivity index (χ2v) is 4.19. The Balaban J connectivity index is 2.14. The third-order valence-electron chi connectivity index (χ3n) is 2.08. The van der Waals surface area contributed by atoms with Gasteiger partial charge in [0.2, 0.25) is 5.95 Å². The van der Waals surface area contributed by atoms with Gasteiger partial charge in [0.25, 0.3) is 5.91 Å². The molecule has 0 saturated carbocycles. The van der Waals surface area contributed by atoms with Crippen molar-refractivity contribution in [3.8, 4) is 6.01 Å². The zero-order chi connectivity index (χ0) is 12.4. The van der Waals surface area contributed by atoms with Gasteiger partial charge in [-0.25, -0.2) is 5.10 Å². The lowest BCUT2D eigenvalue weighted by Gasteiger charge is -2.01. The average Bonchev–Trinajstić information content (AvgIpc) is 2.85. The highest BCUT2D eigenvalue weighted by atomic mass is 79.9. The van der Waals surface area contributed by atoms with Crippen molar-refractivity contribution in [3.63, 3.8) is 0 Å². The lowest BCUT2D eigenvalue weighted by molar-refractivity contribution is 0.101. The summed E-state index contributed by atoms with van der Waals surface area (Å²) < 4.78 is 7.33. The van der Waals surface area contributed by atoms with Gasteiger partial charge in [-0.05, 0) is 22.0 Å². The van der Waals surface area contributed by atoms with E-state index in [1.165, 1.54) is 7.11 Å². The maximum Gasteiger partial charge on any atom is 0.336 e. The lowest BCUT2D eigenvalue weighted by atomic mass is 10.4. The molecule has 7 nitrogen and oxygen atoms in total. The van der Waals surface area contributed by atoms with E-state index in [0.717, 1.165) is 4.47 Å². The van der Waals surface area contributed by atoms with Gasteiger partial charge in [-0.3, -0.25) is 10.1 Å². The molecule has 8 heteroatoms. The number of halogens is 1. The summed E-state index contributed by atoms with van der Waals surface area (Å²) in [5.74, 6) is -0.0406. The van der Waals surface area contributed by atoms with Crippen LogP contribution in [0.25, 0.3) is 0 Å². The maximum absolute atomic E-state index is 11.9. The molecule has 0 aliphatic heterocycles. The summed E-state index contributed by atoms with van der Waals surface area (Å²) in [5.41, 5.74) is 0.507. The molecule has 1 amide bonds. The molecule has 0 unspecified atom stereocenters. The molecule has 90 valence electrons. The summed E-state index contributed by atoms with van der Waals surface area (Å²) in [6, 6.07) is 1.89. The number of H-pyrrole nitrogens is 1. The first-order valence-corrected chi connectivity index (χ1v) is 5.49. The maximum atomic E-state index is 11.9. The van der Waals surface area contributed by atoms with E-state index < -0.39 is 0 Å². The first-order valence-electron chi connectivity index (χ1n) is 4.69. The number of amides is 1. The molecule has 17 heavy (non-hydrogen) atoms. The van der Waals surface area contributed by atoms with E-state index in [0.29, 0.717) is 5.69 Å². The second-order valence-electron chi connectivity index (χ2n) is 3.28. The molecule has 0 fully saturated rings. The van der Waals surface area contributed by atoms with Crippen molar-refractivity contribution >= 4 is 27.8 Å². The Labute approximate surface area is 105 Å². The van der Waals surface area contributed by atoms with Crippen LogP contribution in [0.4, 0.5) is 5.95 Å². The number of rotatable bonds is 3. The first-order chi connectivity index (χ1) is 8.10. The van der Waals surface area contributed by atoms with Gasteiger partial charge in [0.05, 0.1) is 7.11 Å². The van der Waals surface area contributed by atoms with Gasteiger partial charge in [-0.1, -0.05) is 0 Å². The van der Waals surface area contributed by atoms with Crippen molar-refractivity contribution in [1.29, 1.82) is 0 Å². The van der Waals surface area contributed by atoms with Gasteiger partial charge in [0.1, 0.15) is 5.69 Å². The molecule has 0 saturated heterocycles. The Morgan fingerprint density at radius 3 is 2.94 bits per heavy atom. The number of methoxy groups -OCH3 is 1. The number of nitrogens with zero attached hydrogens (tertiary/aromatic N) is 3. The third-order valence-corrected chi connectivity index (χ3v) is 2.52. The van der Waals surface area contributed by atoms with Crippen molar-refractivity contribution < 1.29 is 9.53 Å². The molecule has 0 aliphatic rings. The largest absolute Gasteiger partial charge is 0.466 e. The zero-order valence-corrected chi connectivity index (χ0v) is 10.8. The van der Waals surface area contributed by atoms with Crippen LogP contribution in [0.3, 0.4) is 0 Å². The molecule has 0 aliphatic carbocycles. The van der Waals surface area contributed by atoms with Crippen LogP contribution in [-0.4, -0.2) is 32.8 Å². The molecule has 0 aromatic carbocycles. The summed E-state index contributed by atoms with van der Waals surface area (Å²) in [4.78, 5) is 15.8. The van der Waals surface area contributed by atoms with Crippen LogP contribution in [0.1, 0.15) is 10.5 Å². The van der Waals surface area contributed by atoms with Gasteiger partial charge < -0.3 is 9.30 Å². The zero-order valence-electron chi connectivity index (χ0n) is 9.19. The first kappa shape index (κ1) is 11.6. The van der Waals surface area contributed by atoms with Crippen molar-refractivity contribution in [3.05, 3.63) is 22.4 Å². The number of carbonyl (C=O) groups is 1. The predicted molar refractivity (Wildman–Crippen MR) is 64.0 cm³/mol. The van der Waals surface area contributed by atoms with Gasteiger partial charge in [-0.15, -0.1) is 5.10 Å². The number of hydrogen-bond donors (Lipinski definition) is 2. The van der Waals surface area contributed by atoms with E-state index in [9.17, 15) is 4.79 Å². The number of ether oxygens (including phenoxy) is 1. The van der Waals surface area contributed by atoms with Crippen molar-refractivity contribution in [2.75, 3.05) is 12.4 Å². The monoisotopic (exact) mass is 299 g/mol. The third kappa shape index (κ3) is 2.47. The van der Waals surface area contributed by atoms with Gasteiger partial charge >= 0.3 is 6.01 Å². The second kappa shape index (κ2) is 4.58. The molecule has 0 atom stereocenters. The number of aryl methyl sites for hydroxylation is 1. The van der Waals surface area contributed by atoms with Gasteiger partial charge in [-0.2, -0.15) is 4.98 Å². The van der Waals surface area contributed by atoms with Crippen LogP contribution in [-0.2, 0) is 7.05 Å². The number of carbonyl (C=O) groups excluding carboxylic acids is 1. The van der Waals surface area contributed by atoms with Crippen molar-refractivity contribution in [1.82, 2.24) is 19.7 Å². The van der Waals surface area contributed by atoms with Crippen LogP contribution in [0, 0.1) is 0 Å². The fourth-order valence-corrected chi connectivity index (χ4v) is 1.84.